The molecule has 0 amide bonds. The van der Waals surface area contributed by atoms with Crippen LogP contribution in [0, 0.1) is 36.1 Å². The molecule has 1 aromatic rings. The van der Waals surface area contributed by atoms with Crippen molar-refractivity contribution in [3.05, 3.63) is 28.8 Å². The lowest BCUT2D eigenvalue weighted by molar-refractivity contribution is -0.280. The summed E-state index contributed by atoms with van der Waals surface area (Å²) in [7, 11) is -4.03. The Kier molecular flexibility index (Phi) is 12.5. The fourth-order valence-corrected chi connectivity index (χ4v) is 6.69. The van der Waals surface area contributed by atoms with Crippen molar-refractivity contribution in [2.45, 2.75) is 109 Å². The lowest BCUT2D eigenvalue weighted by Gasteiger charge is -2.38. The largest absolute Gasteiger partial charge is 0.376 e. The molecule has 210 valence electrons. The number of benzene rings is 1. The fraction of sp³-hybridized carbons (Fsp3) is 0.760. The first-order valence-electron chi connectivity index (χ1n) is 12.4. The first-order valence-corrected chi connectivity index (χ1v) is 13.9. The van der Waals surface area contributed by atoms with E-state index in [1.165, 1.54) is 0 Å². The Bertz CT molecular complexity index is 812. The zero-order valence-electron chi connectivity index (χ0n) is 21.1. The van der Waals surface area contributed by atoms with Gasteiger partial charge in [0, 0.05) is 19.9 Å². The van der Waals surface area contributed by atoms with Gasteiger partial charge in [0.15, 0.2) is 17.5 Å². The molecule has 2 atom stereocenters. The third-order valence-corrected chi connectivity index (χ3v) is 9.15. The minimum atomic E-state index is -5.97. The van der Waals surface area contributed by atoms with Crippen molar-refractivity contribution in [2.24, 2.45) is 5.92 Å². The van der Waals surface area contributed by atoms with Crippen molar-refractivity contribution in [3.8, 4) is 0 Å². The molecule has 1 rings (SSSR count). The molecule has 0 aliphatic rings. The zero-order chi connectivity index (χ0) is 27.9. The molecular weight excluding hydrogens is 521 g/mol. The van der Waals surface area contributed by atoms with Gasteiger partial charge < -0.3 is 0 Å². The van der Waals surface area contributed by atoms with Crippen LogP contribution < -0.4 is 5.30 Å². The average Bonchev–Trinajstić information content (AvgIpc) is 2.82. The molecule has 11 heteroatoms. The monoisotopic (exact) mass is 556 g/mol. The molecule has 1 aromatic carbocycles. The number of rotatable bonds is 16. The Labute approximate surface area is 208 Å². The van der Waals surface area contributed by atoms with E-state index >= 15 is 8.78 Å². The van der Waals surface area contributed by atoms with E-state index in [1.54, 1.807) is 13.8 Å². The third kappa shape index (κ3) is 7.08. The Hall–Kier alpha value is -1.05. The molecule has 0 spiro atoms. The van der Waals surface area contributed by atoms with Crippen LogP contribution in [-0.2, 0) is 0 Å². The highest BCUT2D eigenvalue weighted by molar-refractivity contribution is 7.66. The van der Waals surface area contributed by atoms with Gasteiger partial charge in [-0.25, -0.2) is 17.6 Å². The van der Waals surface area contributed by atoms with Crippen LogP contribution in [0.15, 0.2) is 0 Å². The summed E-state index contributed by atoms with van der Waals surface area (Å²) >= 11 is 0. The van der Waals surface area contributed by atoms with Crippen LogP contribution in [0.3, 0.4) is 0 Å². The zero-order valence-corrected chi connectivity index (χ0v) is 22.0. The summed E-state index contributed by atoms with van der Waals surface area (Å²) in [6.07, 6.45) is 0.330. The lowest BCUT2D eigenvalue weighted by atomic mass is 9.97. The maximum atomic E-state index is 15.4. The van der Waals surface area contributed by atoms with Gasteiger partial charge in [0.1, 0.15) is 5.82 Å². The lowest BCUT2D eigenvalue weighted by Crippen LogP contribution is -2.54. The first kappa shape index (κ1) is 33.0. The second-order valence-electron chi connectivity index (χ2n) is 9.22. The van der Waals surface area contributed by atoms with Crippen molar-refractivity contribution in [2.75, 3.05) is 6.16 Å². The summed E-state index contributed by atoms with van der Waals surface area (Å²) in [6.45, 7) is 5.96. The molecule has 36 heavy (non-hydrogen) atoms. The standard InChI is InChI=1S/C25H35F10P/c1-5-8-10-11-14-23(30,31)24(32,33)25(34,35)36(15-13-17(7-3)12-9-6-2)22-19(27)16(4)18(26)20(28)21(22)29/h17H,5-15H2,1-4H3. The Balaban J connectivity index is 3.59. The van der Waals surface area contributed by atoms with Gasteiger partial charge in [-0.1, -0.05) is 65.7 Å². The smallest absolute Gasteiger partial charge is 0.206 e. The summed E-state index contributed by atoms with van der Waals surface area (Å²) in [5.41, 5.74) is -6.78. The summed E-state index contributed by atoms with van der Waals surface area (Å²) in [5, 5.41) is -1.77. The van der Waals surface area contributed by atoms with Crippen molar-refractivity contribution >= 4 is 13.2 Å². The number of unbranched alkanes of at least 4 members (excludes halogenated alkanes) is 4. The predicted molar refractivity (Wildman–Crippen MR) is 124 cm³/mol. The van der Waals surface area contributed by atoms with Crippen LogP contribution in [0.5, 0.6) is 0 Å². The minimum absolute atomic E-state index is 0.115. The van der Waals surface area contributed by atoms with E-state index in [9.17, 15) is 35.1 Å². The molecule has 0 aromatic heterocycles. The van der Waals surface area contributed by atoms with E-state index < -0.39 is 78.6 Å². The second-order valence-corrected chi connectivity index (χ2v) is 11.5. The third-order valence-electron chi connectivity index (χ3n) is 6.55. The van der Waals surface area contributed by atoms with Gasteiger partial charge in [0.2, 0.25) is 0 Å². The van der Waals surface area contributed by atoms with Crippen LogP contribution >= 0.6 is 7.92 Å². The maximum absolute atomic E-state index is 15.4. The van der Waals surface area contributed by atoms with Crippen LogP contribution in [0.2, 0.25) is 0 Å². The Morgan fingerprint density at radius 3 is 1.81 bits per heavy atom. The SMILES string of the molecule is CCCCCCC(F)(F)C(F)(F)C(F)(F)P(CCC(CC)CCCC)c1c(F)c(C)c(F)c(F)c1F. The number of halogens is 10. The first-order chi connectivity index (χ1) is 16.6. The molecule has 2 unspecified atom stereocenters. The predicted octanol–water partition coefficient (Wildman–Crippen LogP) is 10.1. The molecule has 0 saturated heterocycles. The van der Waals surface area contributed by atoms with Gasteiger partial charge in [0.25, 0.3) is 0 Å². The van der Waals surface area contributed by atoms with E-state index in [0.29, 0.717) is 39.0 Å². The van der Waals surface area contributed by atoms with Gasteiger partial charge in [-0.3, -0.25) is 0 Å². The summed E-state index contributed by atoms with van der Waals surface area (Å²) < 4.78 is 147. The van der Waals surface area contributed by atoms with Crippen LogP contribution in [0.1, 0.15) is 90.5 Å². The number of hydrogen-bond donors (Lipinski definition) is 0. The van der Waals surface area contributed by atoms with Gasteiger partial charge >= 0.3 is 17.5 Å². The van der Waals surface area contributed by atoms with E-state index in [2.05, 4.69) is 0 Å². The molecule has 0 saturated carbocycles. The van der Waals surface area contributed by atoms with E-state index in [-0.39, 0.29) is 18.8 Å². The van der Waals surface area contributed by atoms with Gasteiger partial charge in [-0.05, 0) is 31.8 Å². The van der Waals surface area contributed by atoms with Crippen molar-refractivity contribution in [3.63, 3.8) is 0 Å². The molecule has 0 bridgehead atoms. The Morgan fingerprint density at radius 2 is 1.28 bits per heavy atom. The van der Waals surface area contributed by atoms with Gasteiger partial charge in [0.05, 0.1) is 5.30 Å². The van der Waals surface area contributed by atoms with Crippen LogP contribution in [0.4, 0.5) is 43.9 Å². The second kappa shape index (κ2) is 13.7. The minimum Gasteiger partial charge on any atom is -0.206 e. The van der Waals surface area contributed by atoms with Crippen LogP contribution in [0.25, 0.3) is 0 Å². The number of hydrogen-bond acceptors (Lipinski definition) is 0. The van der Waals surface area contributed by atoms with Gasteiger partial charge in [-0.15, -0.1) is 0 Å². The van der Waals surface area contributed by atoms with Gasteiger partial charge in [-0.2, -0.15) is 26.3 Å². The quantitative estimate of drug-likeness (QED) is 0.0625. The van der Waals surface area contributed by atoms with E-state index in [0.717, 1.165) is 6.42 Å². The number of alkyl halides is 6. The molecule has 0 N–H and O–H groups in total. The van der Waals surface area contributed by atoms with Crippen molar-refractivity contribution in [1.82, 2.24) is 0 Å². The maximum Gasteiger partial charge on any atom is 0.376 e. The topological polar surface area (TPSA) is 0 Å². The molecule has 0 radical (unpaired) electrons. The summed E-state index contributed by atoms with van der Waals surface area (Å²) in [6, 6.07) is 0. The Morgan fingerprint density at radius 1 is 0.694 bits per heavy atom. The molecular formula is C25H35F10P. The normalized spacial score (nSPS) is 14.8. The summed E-state index contributed by atoms with van der Waals surface area (Å²) in [5.74, 6) is -20.1. The molecule has 0 heterocycles. The summed E-state index contributed by atoms with van der Waals surface area (Å²) in [4.78, 5) is 0. The van der Waals surface area contributed by atoms with Crippen molar-refractivity contribution < 1.29 is 43.9 Å². The highest BCUT2D eigenvalue weighted by Crippen LogP contribution is 2.64. The van der Waals surface area contributed by atoms with Crippen LogP contribution in [-0.4, -0.2) is 23.7 Å². The highest BCUT2D eigenvalue weighted by atomic mass is 31.1. The highest BCUT2D eigenvalue weighted by Gasteiger charge is 2.73. The van der Waals surface area contributed by atoms with Crippen molar-refractivity contribution in [1.29, 1.82) is 0 Å². The average molecular weight is 557 g/mol. The molecule has 0 aliphatic carbocycles. The van der Waals surface area contributed by atoms with E-state index in [1.807, 2.05) is 6.92 Å². The fourth-order valence-electron chi connectivity index (χ4n) is 4.04. The molecule has 0 aliphatic heterocycles. The molecule has 0 fully saturated rings. The molecule has 0 nitrogen and oxygen atoms in total. The van der Waals surface area contributed by atoms with E-state index in [4.69, 9.17) is 0 Å².